The molecule has 0 aromatic heterocycles. The van der Waals surface area contributed by atoms with Crippen LogP contribution in [0, 0.1) is 29.6 Å². The largest absolute Gasteiger partial charge is 0.395 e. The van der Waals surface area contributed by atoms with Crippen molar-refractivity contribution >= 4 is 23.1 Å². The Balaban J connectivity index is 1.24. The minimum absolute atomic E-state index is 0.528. The van der Waals surface area contributed by atoms with Crippen LogP contribution in [0.5, 0.6) is 0 Å². The van der Waals surface area contributed by atoms with Crippen LogP contribution in [0.2, 0.25) is 0 Å². The third kappa shape index (κ3) is 6.32. The van der Waals surface area contributed by atoms with Crippen molar-refractivity contribution in [3.05, 3.63) is 42.0 Å². The maximum Gasteiger partial charge on any atom is 0.240 e. The SMILES string of the molecule is C=CC1=CCC(C2CCC(C3CCC(CCc4ccc(N=C=O)c(N)c4N(C)CC)CC3)CC2)CC1. The van der Waals surface area contributed by atoms with Crippen molar-refractivity contribution in [2.45, 2.75) is 90.4 Å². The van der Waals surface area contributed by atoms with Crippen LogP contribution in [0.3, 0.4) is 0 Å². The first-order valence-electron chi connectivity index (χ1n) is 14.6. The molecule has 0 bridgehead atoms. The maximum atomic E-state index is 10.8. The lowest BCUT2D eigenvalue weighted by Gasteiger charge is -2.40. The second-order valence-electron chi connectivity index (χ2n) is 11.7. The number of benzene rings is 1. The number of nitrogen functional groups attached to an aromatic ring is 1. The molecule has 1 unspecified atom stereocenters. The van der Waals surface area contributed by atoms with E-state index in [0.29, 0.717) is 11.4 Å². The van der Waals surface area contributed by atoms with Crippen LogP contribution in [-0.2, 0) is 11.2 Å². The third-order valence-electron chi connectivity index (χ3n) is 9.91. The van der Waals surface area contributed by atoms with E-state index >= 15 is 0 Å². The normalized spacial score (nSPS) is 28.6. The van der Waals surface area contributed by atoms with E-state index in [2.05, 4.69) is 48.7 Å². The molecule has 196 valence electrons. The number of allylic oxidation sites excluding steroid dienone is 3. The summed E-state index contributed by atoms with van der Waals surface area (Å²) < 4.78 is 0. The smallest absolute Gasteiger partial charge is 0.240 e. The molecule has 0 saturated heterocycles. The molecule has 4 heteroatoms. The van der Waals surface area contributed by atoms with E-state index in [1.807, 2.05) is 6.07 Å². The van der Waals surface area contributed by atoms with Gasteiger partial charge in [0.05, 0.1) is 11.4 Å². The fraction of sp³-hybridized carbons (Fsp3) is 0.656. The van der Waals surface area contributed by atoms with E-state index in [-0.39, 0.29) is 0 Å². The molecule has 36 heavy (non-hydrogen) atoms. The first-order valence-corrected chi connectivity index (χ1v) is 14.6. The maximum absolute atomic E-state index is 10.8. The molecule has 1 atom stereocenters. The average molecular weight is 490 g/mol. The van der Waals surface area contributed by atoms with Crippen molar-refractivity contribution in [3.63, 3.8) is 0 Å². The van der Waals surface area contributed by atoms with Gasteiger partial charge in [0.15, 0.2) is 0 Å². The van der Waals surface area contributed by atoms with Crippen LogP contribution in [-0.4, -0.2) is 19.7 Å². The molecular weight excluding hydrogens is 442 g/mol. The quantitative estimate of drug-likeness (QED) is 0.216. The summed E-state index contributed by atoms with van der Waals surface area (Å²) in [5.74, 6) is 4.64. The summed E-state index contributed by atoms with van der Waals surface area (Å²) in [6.07, 6.45) is 23.8. The van der Waals surface area contributed by atoms with Gasteiger partial charge in [-0.05, 0) is 119 Å². The van der Waals surface area contributed by atoms with E-state index in [1.54, 1.807) is 6.08 Å². The van der Waals surface area contributed by atoms with E-state index in [1.165, 1.54) is 88.2 Å². The summed E-state index contributed by atoms with van der Waals surface area (Å²) in [5.41, 5.74) is 11.3. The molecule has 0 amide bonds. The van der Waals surface area contributed by atoms with Gasteiger partial charge in [-0.1, -0.05) is 43.2 Å². The number of hydrogen-bond donors (Lipinski definition) is 1. The minimum atomic E-state index is 0.528. The lowest BCUT2D eigenvalue weighted by Crippen LogP contribution is -2.28. The highest BCUT2D eigenvalue weighted by Gasteiger charge is 2.33. The highest BCUT2D eigenvalue weighted by Crippen LogP contribution is 2.46. The number of carbonyl (C=O) groups excluding carboxylic acids is 1. The summed E-state index contributed by atoms with van der Waals surface area (Å²) in [5, 5.41) is 0. The summed E-state index contributed by atoms with van der Waals surface area (Å²) in [6, 6.07) is 3.98. The topological polar surface area (TPSA) is 58.7 Å². The minimum Gasteiger partial charge on any atom is -0.395 e. The van der Waals surface area contributed by atoms with Gasteiger partial charge in [-0.3, -0.25) is 0 Å². The van der Waals surface area contributed by atoms with Gasteiger partial charge in [0, 0.05) is 13.6 Å². The highest BCUT2D eigenvalue weighted by molar-refractivity contribution is 5.83. The second kappa shape index (κ2) is 12.8. The number of nitrogens with two attached hydrogens (primary N) is 1. The van der Waals surface area contributed by atoms with Gasteiger partial charge >= 0.3 is 0 Å². The molecule has 0 aliphatic heterocycles. The molecule has 3 aliphatic carbocycles. The number of anilines is 2. The number of isocyanates is 1. The van der Waals surface area contributed by atoms with Crippen molar-refractivity contribution in [1.82, 2.24) is 0 Å². The number of aliphatic imine (C=N–C) groups is 1. The first kappa shape index (κ1) is 26.7. The summed E-state index contributed by atoms with van der Waals surface area (Å²) in [7, 11) is 2.06. The van der Waals surface area contributed by atoms with Crippen molar-refractivity contribution in [3.8, 4) is 0 Å². The van der Waals surface area contributed by atoms with E-state index in [0.717, 1.165) is 48.2 Å². The van der Waals surface area contributed by atoms with Gasteiger partial charge in [0.1, 0.15) is 5.69 Å². The molecule has 2 N–H and O–H groups in total. The lowest BCUT2D eigenvalue weighted by atomic mass is 9.65. The Kier molecular flexibility index (Phi) is 9.48. The summed E-state index contributed by atoms with van der Waals surface area (Å²) >= 11 is 0. The Bertz CT molecular complexity index is 960. The zero-order chi connectivity index (χ0) is 25.5. The molecule has 4 rings (SSSR count). The Morgan fingerprint density at radius 3 is 2.22 bits per heavy atom. The monoisotopic (exact) mass is 489 g/mol. The Hall–Kier alpha value is -2.32. The van der Waals surface area contributed by atoms with Gasteiger partial charge in [-0.15, -0.1) is 0 Å². The van der Waals surface area contributed by atoms with E-state index < -0.39 is 0 Å². The van der Waals surface area contributed by atoms with E-state index in [9.17, 15) is 4.79 Å². The number of hydrogen-bond acceptors (Lipinski definition) is 4. The van der Waals surface area contributed by atoms with Crippen LogP contribution in [0.15, 0.2) is 41.4 Å². The van der Waals surface area contributed by atoms with Crippen LogP contribution < -0.4 is 10.6 Å². The van der Waals surface area contributed by atoms with Gasteiger partial charge in [0.2, 0.25) is 6.08 Å². The Morgan fingerprint density at radius 1 is 1.03 bits per heavy atom. The van der Waals surface area contributed by atoms with Gasteiger partial charge in [-0.25, -0.2) is 4.79 Å². The molecule has 0 heterocycles. The molecule has 4 nitrogen and oxygen atoms in total. The van der Waals surface area contributed by atoms with Crippen molar-refractivity contribution in [2.75, 3.05) is 24.2 Å². The van der Waals surface area contributed by atoms with Crippen molar-refractivity contribution in [1.29, 1.82) is 0 Å². The van der Waals surface area contributed by atoms with Crippen molar-refractivity contribution in [2.24, 2.45) is 34.6 Å². The van der Waals surface area contributed by atoms with Crippen molar-refractivity contribution < 1.29 is 4.79 Å². The first-order chi connectivity index (χ1) is 17.5. The molecule has 1 aromatic carbocycles. The zero-order valence-corrected chi connectivity index (χ0v) is 22.7. The van der Waals surface area contributed by atoms with Gasteiger partial charge < -0.3 is 10.6 Å². The molecule has 3 aliphatic rings. The van der Waals surface area contributed by atoms with Crippen LogP contribution >= 0.6 is 0 Å². The summed E-state index contributed by atoms with van der Waals surface area (Å²) in [4.78, 5) is 16.8. The average Bonchev–Trinajstić information content (AvgIpc) is 2.93. The molecule has 0 radical (unpaired) electrons. The fourth-order valence-corrected chi connectivity index (χ4v) is 7.48. The predicted molar refractivity (Wildman–Crippen MR) is 152 cm³/mol. The Labute approximate surface area is 219 Å². The zero-order valence-electron chi connectivity index (χ0n) is 22.7. The van der Waals surface area contributed by atoms with Gasteiger partial charge in [-0.2, -0.15) is 4.99 Å². The number of rotatable bonds is 9. The predicted octanol–water partition coefficient (Wildman–Crippen LogP) is 8.15. The Morgan fingerprint density at radius 2 is 1.67 bits per heavy atom. The lowest BCUT2D eigenvalue weighted by molar-refractivity contribution is 0.120. The van der Waals surface area contributed by atoms with Gasteiger partial charge in [0.25, 0.3) is 0 Å². The second-order valence-corrected chi connectivity index (χ2v) is 11.7. The van der Waals surface area contributed by atoms with Crippen LogP contribution in [0.1, 0.15) is 89.5 Å². The molecule has 2 saturated carbocycles. The molecule has 1 aromatic rings. The van der Waals surface area contributed by atoms with Crippen LogP contribution in [0.25, 0.3) is 0 Å². The standard InChI is InChI=1S/C32H47N3O/c1-4-23-6-11-25(12-7-23)27-16-18-28(19-17-27)26-13-8-24(9-14-26)10-15-29-20-21-30(34-22-36)31(33)32(29)35(3)5-2/h4,6,20-21,24-28H,1,5,7-19,33H2,2-3H3. The highest BCUT2D eigenvalue weighted by atomic mass is 16.1. The molecule has 0 spiro atoms. The van der Waals surface area contributed by atoms with Crippen LogP contribution in [0.4, 0.5) is 17.1 Å². The molecular formula is C32H47N3O. The molecule has 2 fully saturated rings. The summed E-state index contributed by atoms with van der Waals surface area (Å²) in [6.45, 7) is 6.94. The fourth-order valence-electron chi connectivity index (χ4n) is 7.48. The number of nitrogens with zero attached hydrogens (tertiary/aromatic N) is 2. The number of aryl methyl sites for hydroxylation is 1. The third-order valence-corrected chi connectivity index (χ3v) is 9.91. The van der Waals surface area contributed by atoms with E-state index in [4.69, 9.17) is 5.73 Å².